The molecule has 7 heteroatoms. The van der Waals surface area contributed by atoms with E-state index in [4.69, 9.17) is 4.74 Å². The second-order valence-corrected chi connectivity index (χ2v) is 8.04. The average Bonchev–Trinajstić information content (AvgIpc) is 2.60. The van der Waals surface area contributed by atoms with E-state index in [1.165, 1.54) is 50.7 Å². The van der Waals surface area contributed by atoms with E-state index in [-0.39, 0.29) is 57.1 Å². The first kappa shape index (κ1) is 25.6. The average molecular weight is 431 g/mol. The van der Waals surface area contributed by atoms with Gasteiger partial charge < -0.3 is 9.84 Å². The number of ether oxygens (including phenoxy) is 1. The Balaban J connectivity index is 0.00000392. The summed E-state index contributed by atoms with van der Waals surface area (Å²) in [6, 6.07) is 11.2. The molecule has 2 rings (SSSR count). The maximum absolute atomic E-state index is 11.8. The Morgan fingerprint density at radius 3 is 2.29 bits per heavy atom. The molecule has 0 spiro atoms. The topological polar surface area (TPSA) is 86.7 Å². The maximum atomic E-state index is 11.8. The van der Waals surface area contributed by atoms with Crippen molar-refractivity contribution in [2.75, 3.05) is 0 Å². The number of hydrogen-bond donors (Lipinski definition) is 1. The van der Waals surface area contributed by atoms with Crippen LogP contribution in [0.2, 0.25) is 0 Å². The largest absolute Gasteiger partial charge is 1.00 e. The van der Waals surface area contributed by atoms with Gasteiger partial charge in [0.15, 0.2) is 0 Å². The van der Waals surface area contributed by atoms with Gasteiger partial charge in [-0.05, 0) is 36.6 Å². The van der Waals surface area contributed by atoms with Crippen molar-refractivity contribution in [1.29, 1.82) is 0 Å². The SMILES string of the molecule is CCCCCCCCCc1cccc(Oc2cccc([O-])c2S(=O)(=O)O)c1.[K+]. The molecule has 0 radical (unpaired) electrons. The number of benzene rings is 2. The molecule has 148 valence electrons. The van der Waals surface area contributed by atoms with E-state index in [1.54, 1.807) is 6.07 Å². The molecule has 0 amide bonds. The van der Waals surface area contributed by atoms with Crippen LogP contribution >= 0.6 is 0 Å². The van der Waals surface area contributed by atoms with Gasteiger partial charge in [-0.1, -0.05) is 75.5 Å². The Bertz CT molecular complexity index is 836. The molecule has 0 bridgehead atoms. The van der Waals surface area contributed by atoms with Crippen LogP contribution in [0, 0.1) is 0 Å². The Hall–Kier alpha value is -0.414. The molecule has 0 saturated carbocycles. The Morgan fingerprint density at radius 1 is 0.964 bits per heavy atom. The molecule has 0 fully saturated rings. The quantitative estimate of drug-likeness (QED) is 0.335. The molecule has 0 atom stereocenters. The van der Waals surface area contributed by atoms with Gasteiger partial charge in [0.25, 0.3) is 10.1 Å². The molecule has 1 N–H and O–H groups in total. The second-order valence-electron chi connectivity index (χ2n) is 6.68. The molecule has 0 aliphatic rings. The molecule has 0 aromatic heterocycles. The summed E-state index contributed by atoms with van der Waals surface area (Å²) >= 11 is 0. The zero-order valence-electron chi connectivity index (χ0n) is 16.7. The van der Waals surface area contributed by atoms with Crippen LogP contribution in [0.3, 0.4) is 0 Å². The molecule has 0 heterocycles. The summed E-state index contributed by atoms with van der Waals surface area (Å²) in [6.45, 7) is 2.21. The van der Waals surface area contributed by atoms with Crippen LogP contribution in [0.25, 0.3) is 0 Å². The molecule has 5 nitrogen and oxygen atoms in total. The smallest absolute Gasteiger partial charge is 0.871 e. The second kappa shape index (κ2) is 13.0. The zero-order chi connectivity index (χ0) is 19.7. The minimum Gasteiger partial charge on any atom is -0.871 e. The van der Waals surface area contributed by atoms with Crippen molar-refractivity contribution < 1.29 is 74.2 Å². The fourth-order valence-electron chi connectivity index (χ4n) is 3.01. The minimum absolute atomic E-state index is 0. The summed E-state index contributed by atoms with van der Waals surface area (Å²) in [5.74, 6) is -0.529. The van der Waals surface area contributed by atoms with Gasteiger partial charge in [-0.2, -0.15) is 8.42 Å². The van der Waals surface area contributed by atoms with Gasteiger partial charge in [-0.15, -0.1) is 0 Å². The molecule has 0 saturated heterocycles. The zero-order valence-corrected chi connectivity index (χ0v) is 20.6. The van der Waals surface area contributed by atoms with Crippen molar-refractivity contribution >= 4 is 10.1 Å². The van der Waals surface area contributed by atoms with Gasteiger partial charge in [0, 0.05) is 0 Å². The molecule has 28 heavy (non-hydrogen) atoms. The molecule has 0 unspecified atom stereocenters. The van der Waals surface area contributed by atoms with Crippen molar-refractivity contribution in [3.8, 4) is 17.2 Å². The van der Waals surface area contributed by atoms with Crippen LogP contribution in [-0.4, -0.2) is 13.0 Å². The Labute approximate surface area is 210 Å². The first-order valence-corrected chi connectivity index (χ1v) is 10.9. The molecule has 2 aromatic carbocycles. The number of hydrogen-bond acceptors (Lipinski definition) is 4. The third-order valence-corrected chi connectivity index (χ3v) is 5.31. The maximum Gasteiger partial charge on any atom is 1.00 e. The predicted molar refractivity (Wildman–Crippen MR) is 104 cm³/mol. The van der Waals surface area contributed by atoms with E-state index in [0.29, 0.717) is 5.75 Å². The fourth-order valence-corrected chi connectivity index (χ4v) is 3.69. The van der Waals surface area contributed by atoms with E-state index in [1.807, 2.05) is 18.2 Å². The molecule has 0 aliphatic carbocycles. The minimum atomic E-state index is -4.66. The summed E-state index contributed by atoms with van der Waals surface area (Å²) in [4.78, 5) is -0.734. The van der Waals surface area contributed by atoms with Gasteiger partial charge in [-0.25, -0.2) is 0 Å². The van der Waals surface area contributed by atoms with Crippen molar-refractivity contribution in [2.45, 2.75) is 63.2 Å². The van der Waals surface area contributed by atoms with Crippen LogP contribution in [0.4, 0.5) is 0 Å². The van der Waals surface area contributed by atoms with Crippen molar-refractivity contribution in [3.05, 3.63) is 48.0 Å². The van der Waals surface area contributed by atoms with Crippen molar-refractivity contribution in [1.82, 2.24) is 0 Å². The molecular weight excluding hydrogens is 403 g/mol. The molecular formula is C21H27KO5S. The van der Waals surface area contributed by atoms with Gasteiger partial charge in [0.05, 0.1) is 0 Å². The number of aryl methyl sites for hydroxylation is 1. The standard InChI is InChI=1S/C21H28O5S.K/c1-2-3-4-5-6-7-8-11-17-12-9-13-18(16-17)26-20-15-10-14-19(22)21(20)27(23,24)25;/h9-10,12-16,22H,2-8,11H2,1H3,(H,23,24,25);/q;+1/p-1. The third kappa shape index (κ3) is 8.53. The van der Waals surface area contributed by atoms with Crippen LogP contribution in [0.15, 0.2) is 47.4 Å². The van der Waals surface area contributed by atoms with E-state index in [9.17, 15) is 18.1 Å². The summed E-state index contributed by atoms with van der Waals surface area (Å²) in [5.41, 5.74) is 1.09. The van der Waals surface area contributed by atoms with E-state index < -0.39 is 20.8 Å². The van der Waals surface area contributed by atoms with Crippen LogP contribution in [-0.2, 0) is 16.5 Å². The molecule has 0 aliphatic heterocycles. The first-order chi connectivity index (χ1) is 12.9. The number of rotatable bonds is 11. The summed E-state index contributed by atoms with van der Waals surface area (Å²) in [7, 11) is -4.66. The monoisotopic (exact) mass is 430 g/mol. The van der Waals surface area contributed by atoms with E-state index >= 15 is 0 Å². The van der Waals surface area contributed by atoms with E-state index in [0.717, 1.165) is 24.5 Å². The molecule has 2 aromatic rings. The van der Waals surface area contributed by atoms with Gasteiger partial charge >= 0.3 is 51.4 Å². The summed E-state index contributed by atoms with van der Waals surface area (Å²) in [5, 5.41) is 11.8. The summed E-state index contributed by atoms with van der Waals surface area (Å²) < 4.78 is 37.8. The van der Waals surface area contributed by atoms with E-state index in [2.05, 4.69) is 6.92 Å². The van der Waals surface area contributed by atoms with Crippen LogP contribution in [0.1, 0.15) is 57.4 Å². The van der Waals surface area contributed by atoms with Gasteiger partial charge in [-0.3, -0.25) is 4.55 Å². The third-order valence-electron chi connectivity index (χ3n) is 4.40. The van der Waals surface area contributed by atoms with Crippen LogP contribution in [0.5, 0.6) is 17.2 Å². The van der Waals surface area contributed by atoms with Gasteiger partial charge in [0.1, 0.15) is 16.4 Å². The summed E-state index contributed by atoms with van der Waals surface area (Å²) in [6.07, 6.45) is 9.55. The van der Waals surface area contributed by atoms with Gasteiger partial charge in [0.2, 0.25) is 0 Å². The Kier molecular flexibility index (Phi) is 11.9. The van der Waals surface area contributed by atoms with Crippen LogP contribution < -0.4 is 61.2 Å². The van der Waals surface area contributed by atoms with Crippen molar-refractivity contribution in [3.63, 3.8) is 0 Å². The first-order valence-electron chi connectivity index (χ1n) is 9.46. The number of unbranched alkanes of at least 4 members (excludes halogenated alkanes) is 6. The predicted octanol–water partition coefficient (Wildman–Crippen LogP) is 2.10. The Morgan fingerprint density at radius 2 is 1.61 bits per heavy atom. The normalized spacial score (nSPS) is 11.1. The fraction of sp³-hybridized carbons (Fsp3) is 0.429. The van der Waals surface area contributed by atoms with Crippen molar-refractivity contribution in [2.24, 2.45) is 0 Å².